The quantitative estimate of drug-likeness (QED) is 0.481. The summed E-state index contributed by atoms with van der Waals surface area (Å²) in [6, 6.07) is 7.38. The number of ether oxygens (including phenoxy) is 1. The molecule has 0 aliphatic rings. The number of imidazole rings is 1. The second-order valence-corrected chi connectivity index (χ2v) is 6.90. The first-order valence-corrected chi connectivity index (χ1v) is 9.23. The van der Waals surface area contributed by atoms with Gasteiger partial charge in [0, 0.05) is 32.2 Å². The zero-order valence-corrected chi connectivity index (χ0v) is 16.4. The van der Waals surface area contributed by atoms with E-state index in [1.54, 1.807) is 19.5 Å². The van der Waals surface area contributed by atoms with E-state index in [1.807, 2.05) is 28.8 Å². The third kappa shape index (κ3) is 3.46. The van der Waals surface area contributed by atoms with Crippen molar-refractivity contribution in [3.63, 3.8) is 0 Å². The number of anilines is 1. The van der Waals surface area contributed by atoms with E-state index < -0.39 is 17.0 Å². The molecule has 2 N–H and O–H groups in total. The van der Waals surface area contributed by atoms with E-state index in [0.717, 1.165) is 20.6 Å². The lowest BCUT2D eigenvalue weighted by Crippen LogP contribution is -2.41. The van der Waals surface area contributed by atoms with Crippen molar-refractivity contribution < 1.29 is 9.53 Å². The molecule has 0 bridgehead atoms. The summed E-state index contributed by atoms with van der Waals surface area (Å²) >= 11 is 1.17. The highest BCUT2D eigenvalue weighted by molar-refractivity contribution is 7.99. The van der Waals surface area contributed by atoms with Crippen LogP contribution in [0.15, 0.2) is 51.4 Å². The average Bonchev–Trinajstić information content (AvgIpc) is 3.18. The number of nitrogen functional groups attached to an aromatic ring is 1. The number of nitrogens with two attached hydrogens (primary N) is 1. The highest BCUT2D eigenvalue weighted by Crippen LogP contribution is 2.23. The van der Waals surface area contributed by atoms with Gasteiger partial charge in [0.2, 0.25) is 0 Å². The fourth-order valence-electron chi connectivity index (χ4n) is 2.66. The summed E-state index contributed by atoms with van der Waals surface area (Å²) in [5.41, 5.74) is 5.21. The predicted octanol–water partition coefficient (Wildman–Crippen LogP) is 0.836. The molecule has 0 aliphatic carbocycles. The van der Waals surface area contributed by atoms with Gasteiger partial charge in [-0.25, -0.2) is 9.78 Å². The zero-order chi connectivity index (χ0) is 20.4. The number of rotatable bonds is 6. The van der Waals surface area contributed by atoms with Crippen LogP contribution in [0.2, 0.25) is 0 Å². The lowest BCUT2D eigenvalue weighted by atomic mass is 10.2. The van der Waals surface area contributed by atoms with Gasteiger partial charge in [0.05, 0.1) is 12.9 Å². The number of methoxy groups -OCH3 is 1. The van der Waals surface area contributed by atoms with Crippen LogP contribution < -0.4 is 21.7 Å². The van der Waals surface area contributed by atoms with Gasteiger partial charge < -0.3 is 10.5 Å². The Labute approximate surface area is 164 Å². The number of carbonyl (C=O) groups excluding carboxylic acids is 1. The molecule has 0 radical (unpaired) electrons. The third-order valence-corrected chi connectivity index (χ3v) is 5.25. The predicted molar refractivity (Wildman–Crippen MR) is 107 cm³/mol. The molecule has 0 unspecified atom stereocenters. The minimum atomic E-state index is -0.704. The standard InChI is InChI=1S/C18H19N5O4S/c1-21-15(19)14(16(25)22(2)18(21)26)13(24)10-28-17-20-8-9-23(17)11-4-6-12(27-3)7-5-11/h4-9H,10,19H2,1-3H3. The zero-order valence-electron chi connectivity index (χ0n) is 15.6. The lowest BCUT2D eigenvalue weighted by molar-refractivity contribution is 0.102. The largest absolute Gasteiger partial charge is 0.497 e. The molecule has 2 aromatic heterocycles. The number of carbonyl (C=O) groups is 1. The maximum atomic E-state index is 12.6. The Kier molecular flexibility index (Phi) is 5.41. The van der Waals surface area contributed by atoms with E-state index in [9.17, 15) is 14.4 Å². The normalized spacial score (nSPS) is 10.8. The molecule has 10 heteroatoms. The Morgan fingerprint density at radius 1 is 1.18 bits per heavy atom. The van der Waals surface area contributed by atoms with Crippen LogP contribution >= 0.6 is 11.8 Å². The molecule has 3 aromatic rings. The molecule has 0 saturated carbocycles. The Bertz CT molecular complexity index is 1140. The summed E-state index contributed by atoms with van der Waals surface area (Å²) in [4.78, 5) is 41.1. The molecular formula is C18H19N5O4S. The molecule has 0 atom stereocenters. The van der Waals surface area contributed by atoms with Crippen molar-refractivity contribution in [2.75, 3.05) is 18.6 Å². The first-order valence-electron chi connectivity index (χ1n) is 8.24. The summed E-state index contributed by atoms with van der Waals surface area (Å²) < 4.78 is 8.92. The van der Waals surface area contributed by atoms with Crippen molar-refractivity contribution in [3.05, 3.63) is 63.1 Å². The van der Waals surface area contributed by atoms with E-state index in [1.165, 1.54) is 25.9 Å². The Morgan fingerprint density at radius 3 is 2.50 bits per heavy atom. The van der Waals surface area contributed by atoms with E-state index in [-0.39, 0.29) is 17.1 Å². The molecule has 3 rings (SSSR count). The summed E-state index contributed by atoms with van der Waals surface area (Å²) in [5.74, 6) is 0.0691. The SMILES string of the molecule is COc1ccc(-n2ccnc2SCC(=O)c2c(N)n(C)c(=O)n(C)c2=O)cc1. The number of Topliss-reactive ketones (excluding diaryl/α,β-unsaturated/α-hetero) is 1. The number of hydrogen-bond donors (Lipinski definition) is 1. The van der Waals surface area contributed by atoms with Crippen molar-refractivity contribution in [3.8, 4) is 11.4 Å². The Morgan fingerprint density at radius 2 is 1.86 bits per heavy atom. The minimum absolute atomic E-state index is 0.0508. The molecule has 0 fully saturated rings. The van der Waals surface area contributed by atoms with Crippen LogP contribution in [0, 0.1) is 0 Å². The van der Waals surface area contributed by atoms with Crippen LogP contribution in [0.4, 0.5) is 5.82 Å². The monoisotopic (exact) mass is 401 g/mol. The van der Waals surface area contributed by atoms with E-state index in [4.69, 9.17) is 10.5 Å². The highest BCUT2D eigenvalue weighted by Gasteiger charge is 2.21. The lowest BCUT2D eigenvalue weighted by Gasteiger charge is -2.11. The summed E-state index contributed by atoms with van der Waals surface area (Å²) in [6.07, 6.45) is 3.39. The van der Waals surface area contributed by atoms with Crippen LogP contribution in [0.3, 0.4) is 0 Å². The molecule has 1 aromatic carbocycles. The summed E-state index contributed by atoms with van der Waals surface area (Å²) in [7, 11) is 4.32. The summed E-state index contributed by atoms with van der Waals surface area (Å²) in [6.45, 7) is 0. The Balaban J connectivity index is 1.85. The van der Waals surface area contributed by atoms with Crippen LogP contribution in [-0.2, 0) is 14.1 Å². The van der Waals surface area contributed by atoms with Crippen LogP contribution in [0.5, 0.6) is 5.75 Å². The van der Waals surface area contributed by atoms with E-state index >= 15 is 0 Å². The second-order valence-electron chi connectivity index (χ2n) is 5.96. The van der Waals surface area contributed by atoms with Gasteiger partial charge in [0.1, 0.15) is 17.1 Å². The maximum Gasteiger partial charge on any atom is 0.332 e. The van der Waals surface area contributed by atoms with Gasteiger partial charge in [0.15, 0.2) is 10.9 Å². The number of benzene rings is 1. The van der Waals surface area contributed by atoms with Gasteiger partial charge in [-0.15, -0.1) is 0 Å². The number of ketones is 1. The van der Waals surface area contributed by atoms with Gasteiger partial charge in [-0.1, -0.05) is 11.8 Å². The Hall–Kier alpha value is -3.27. The van der Waals surface area contributed by atoms with Crippen LogP contribution in [-0.4, -0.2) is 37.3 Å². The van der Waals surface area contributed by atoms with Gasteiger partial charge in [-0.2, -0.15) is 0 Å². The number of aromatic nitrogens is 4. The molecule has 0 saturated heterocycles. The molecule has 28 heavy (non-hydrogen) atoms. The van der Waals surface area contributed by atoms with Crippen LogP contribution in [0.25, 0.3) is 5.69 Å². The second kappa shape index (κ2) is 7.77. The molecule has 0 amide bonds. The van der Waals surface area contributed by atoms with Crippen molar-refractivity contribution in [1.82, 2.24) is 18.7 Å². The smallest absolute Gasteiger partial charge is 0.332 e. The first-order chi connectivity index (χ1) is 13.3. The van der Waals surface area contributed by atoms with E-state index in [0.29, 0.717) is 5.16 Å². The van der Waals surface area contributed by atoms with Gasteiger partial charge in [0.25, 0.3) is 5.56 Å². The van der Waals surface area contributed by atoms with Crippen molar-refractivity contribution >= 4 is 23.4 Å². The number of thioether (sulfide) groups is 1. The third-order valence-electron chi connectivity index (χ3n) is 4.28. The average molecular weight is 401 g/mol. The molecule has 9 nitrogen and oxygen atoms in total. The molecule has 146 valence electrons. The molecule has 0 aliphatic heterocycles. The van der Waals surface area contributed by atoms with Crippen molar-refractivity contribution in [1.29, 1.82) is 0 Å². The van der Waals surface area contributed by atoms with Crippen molar-refractivity contribution in [2.24, 2.45) is 14.1 Å². The van der Waals surface area contributed by atoms with Crippen molar-refractivity contribution in [2.45, 2.75) is 5.16 Å². The topological polar surface area (TPSA) is 114 Å². The minimum Gasteiger partial charge on any atom is -0.497 e. The van der Waals surface area contributed by atoms with Gasteiger partial charge in [-0.3, -0.25) is 23.3 Å². The van der Waals surface area contributed by atoms with Gasteiger partial charge >= 0.3 is 5.69 Å². The van der Waals surface area contributed by atoms with Crippen LogP contribution in [0.1, 0.15) is 10.4 Å². The van der Waals surface area contributed by atoms with Gasteiger partial charge in [-0.05, 0) is 24.3 Å². The molecule has 2 heterocycles. The fourth-order valence-corrected chi connectivity index (χ4v) is 3.51. The highest BCUT2D eigenvalue weighted by atomic mass is 32.2. The summed E-state index contributed by atoms with van der Waals surface area (Å²) in [5, 5.41) is 0.582. The molecule has 0 spiro atoms. The molecular weight excluding hydrogens is 382 g/mol. The number of hydrogen-bond acceptors (Lipinski definition) is 7. The first kappa shape index (κ1) is 19.5. The number of nitrogens with zero attached hydrogens (tertiary/aromatic N) is 4. The fraction of sp³-hybridized carbons (Fsp3) is 0.222. The van der Waals surface area contributed by atoms with E-state index in [2.05, 4.69) is 4.98 Å². The maximum absolute atomic E-state index is 12.6.